The molecule has 47 heavy (non-hydrogen) atoms. The molecule has 0 heterocycles. The van der Waals surface area contributed by atoms with Crippen molar-refractivity contribution in [3.05, 3.63) is 46.7 Å². The highest BCUT2D eigenvalue weighted by molar-refractivity contribution is 5.92. The van der Waals surface area contributed by atoms with Crippen LogP contribution in [0.25, 0.3) is 0 Å². The fourth-order valence-electron chi connectivity index (χ4n) is 9.16. The minimum Gasteiger partial charge on any atom is -0.595 e. The van der Waals surface area contributed by atoms with Crippen LogP contribution >= 0.6 is 0 Å². The van der Waals surface area contributed by atoms with Gasteiger partial charge in [0.05, 0.1) is 6.42 Å². The Morgan fingerprint density at radius 3 is 2.49 bits per heavy atom. The number of aliphatic hydroxyl groups excluding tert-OH is 1. The first-order valence-electron chi connectivity index (χ1n) is 16.3. The van der Waals surface area contributed by atoms with Crippen molar-refractivity contribution in [2.24, 2.45) is 28.6 Å². The number of nitrogens with one attached hydrogen (secondary N) is 2. The summed E-state index contributed by atoms with van der Waals surface area (Å²) in [6.45, 7) is 3.57. The van der Waals surface area contributed by atoms with Crippen LogP contribution in [0.1, 0.15) is 89.7 Å². The van der Waals surface area contributed by atoms with Gasteiger partial charge in [0.2, 0.25) is 11.7 Å². The molecule has 5 rings (SSSR count). The van der Waals surface area contributed by atoms with Crippen molar-refractivity contribution in [3.8, 4) is 0 Å². The minimum absolute atomic E-state index is 0.0328. The number of hydrogen-bond acceptors (Lipinski definition) is 10. The molecule has 0 spiro atoms. The first kappa shape index (κ1) is 34.8. The molecular formula is C34H44N2O11. The summed E-state index contributed by atoms with van der Waals surface area (Å²) in [6, 6.07) is 3.20. The number of quaternary nitrogens is 1. The Labute approximate surface area is 272 Å². The molecule has 13 heteroatoms. The number of esters is 1. The molecule has 0 aromatic heterocycles. The zero-order chi connectivity index (χ0) is 34.3. The van der Waals surface area contributed by atoms with Crippen molar-refractivity contribution in [2.75, 3.05) is 6.61 Å². The van der Waals surface area contributed by atoms with Crippen LogP contribution in [0.5, 0.6) is 0 Å². The zero-order valence-electron chi connectivity index (χ0n) is 26.7. The summed E-state index contributed by atoms with van der Waals surface area (Å²) in [5, 5.41) is 53.2. The number of rotatable bonds is 11. The van der Waals surface area contributed by atoms with Gasteiger partial charge in [-0.25, -0.2) is 10.0 Å². The monoisotopic (exact) mass is 656 g/mol. The average molecular weight is 657 g/mol. The summed E-state index contributed by atoms with van der Waals surface area (Å²) in [7, 11) is 0. The number of carbonyl (C=O) groups is 5. The summed E-state index contributed by atoms with van der Waals surface area (Å²) in [6.07, 6.45) is 4.66. The standard InChI is InChI=1S/C34H44N2O11/c1-32-13-10-22(37)17-20(32)6-7-23-24(32)11-14-33(2)25(23)12-15-34(33,44)26(38)18-47-28(40)9-8-27(39)35-29(31(42)43)30(41)19-4-3-5-21(16-19)36(45)46/h3-5,16-17,23-25,29-30,36,41,44-45H,6-15,18H2,1-2H3,(H,35,39)(H,42,43). The van der Waals surface area contributed by atoms with E-state index in [4.69, 9.17) is 9.94 Å². The molecular weight excluding hydrogens is 612 g/mol. The third kappa shape index (κ3) is 6.39. The summed E-state index contributed by atoms with van der Waals surface area (Å²) in [5.41, 5.74) is -1.36. The SMILES string of the molecule is CC12CCC(=O)C=C1CCC1C2CCC2(C)C1CCC2(O)C(=O)COC(=O)CCC(=O)NC(C(=O)O)C(O)c1cccc([NH+]([O-])O)c1. The number of carboxylic acid groups (broad SMARTS) is 1. The second-order valence-electron chi connectivity index (χ2n) is 14.2. The molecule has 1 aromatic carbocycles. The third-order valence-electron chi connectivity index (χ3n) is 11.9. The van der Waals surface area contributed by atoms with Crippen LogP contribution in [-0.2, 0) is 28.7 Å². The van der Waals surface area contributed by atoms with Crippen LogP contribution in [0.2, 0.25) is 0 Å². The Morgan fingerprint density at radius 2 is 1.79 bits per heavy atom. The van der Waals surface area contributed by atoms with Gasteiger partial charge in [-0.3, -0.25) is 19.2 Å². The van der Waals surface area contributed by atoms with E-state index in [1.54, 1.807) is 0 Å². The largest absolute Gasteiger partial charge is 0.595 e. The maximum Gasteiger partial charge on any atom is 0.329 e. The van der Waals surface area contributed by atoms with Crippen molar-refractivity contribution in [3.63, 3.8) is 0 Å². The number of amides is 1. The number of carboxylic acids is 1. The lowest BCUT2D eigenvalue weighted by molar-refractivity contribution is -0.991. The second kappa shape index (κ2) is 13.2. The number of ketones is 2. The summed E-state index contributed by atoms with van der Waals surface area (Å²) >= 11 is 0. The number of ether oxygens (including phenoxy) is 1. The van der Waals surface area contributed by atoms with Crippen LogP contribution in [0, 0.1) is 33.8 Å². The van der Waals surface area contributed by atoms with Gasteiger partial charge in [0.15, 0.2) is 24.1 Å². The molecule has 9 atom stereocenters. The molecule has 1 aromatic rings. The van der Waals surface area contributed by atoms with E-state index in [9.17, 15) is 44.5 Å². The Hall–Kier alpha value is -3.49. The third-order valence-corrected chi connectivity index (χ3v) is 11.9. The molecule has 0 radical (unpaired) electrons. The zero-order valence-corrected chi connectivity index (χ0v) is 26.7. The number of carbonyl (C=O) groups excluding carboxylic acids is 4. The number of allylic oxidation sites excluding steroid dienone is 1. The van der Waals surface area contributed by atoms with Gasteiger partial charge in [-0.05, 0) is 79.8 Å². The number of hydrogen-bond donors (Lipinski definition) is 6. The van der Waals surface area contributed by atoms with Crippen LogP contribution in [0.15, 0.2) is 35.9 Å². The molecule has 9 unspecified atom stereocenters. The molecule has 256 valence electrons. The maximum absolute atomic E-state index is 13.5. The topological polar surface area (TPSA) is 215 Å². The average Bonchev–Trinajstić information content (AvgIpc) is 3.32. The van der Waals surface area contributed by atoms with E-state index >= 15 is 0 Å². The Bertz CT molecular complexity index is 1480. The highest BCUT2D eigenvalue weighted by Gasteiger charge is 2.66. The van der Waals surface area contributed by atoms with Crippen LogP contribution in [0.4, 0.5) is 5.69 Å². The highest BCUT2D eigenvalue weighted by Crippen LogP contribution is 2.67. The van der Waals surface area contributed by atoms with Crippen LogP contribution < -0.4 is 10.5 Å². The smallest absolute Gasteiger partial charge is 0.329 e. The van der Waals surface area contributed by atoms with E-state index in [2.05, 4.69) is 12.2 Å². The number of benzene rings is 1. The fraction of sp³-hybridized carbons (Fsp3) is 0.618. The predicted octanol–water partition coefficient (Wildman–Crippen LogP) is 1.85. The summed E-state index contributed by atoms with van der Waals surface area (Å²) in [5.74, 6) is -2.90. The highest BCUT2D eigenvalue weighted by atomic mass is 16.8. The van der Waals surface area contributed by atoms with Gasteiger partial charge < -0.3 is 30.6 Å². The molecule has 6 N–H and O–H groups in total. The lowest BCUT2D eigenvalue weighted by atomic mass is 9.46. The van der Waals surface area contributed by atoms with Gasteiger partial charge in [0.25, 0.3) is 0 Å². The molecule has 1 amide bonds. The maximum atomic E-state index is 13.5. The fourth-order valence-corrected chi connectivity index (χ4v) is 9.16. The normalized spacial score (nSPS) is 33.3. The molecule has 3 fully saturated rings. The lowest BCUT2D eigenvalue weighted by Crippen LogP contribution is -2.99. The Balaban J connectivity index is 1.14. The van der Waals surface area contributed by atoms with E-state index in [0.717, 1.165) is 31.7 Å². The van der Waals surface area contributed by atoms with Crippen molar-refractivity contribution in [2.45, 2.75) is 95.8 Å². The predicted molar refractivity (Wildman–Crippen MR) is 164 cm³/mol. The first-order valence-corrected chi connectivity index (χ1v) is 16.3. The van der Waals surface area contributed by atoms with Crippen LogP contribution in [0.3, 0.4) is 0 Å². The Morgan fingerprint density at radius 1 is 1.06 bits per heavy atom. The molecule has 0 saturated heterocycles. The molecule has 0 aliphatic heterocycles. The van der Waals surface area contributed by atoms with Gasteiger partial charge in [0, 0.05) is 30.4 Å². The van der Waals surface area contributed by atoms with E-state index in [-0.39, 0.29) is 34.8 Å². The number of aliphatic hydroxyl groups is 2. The van der Waals surface area contributed by atoms with E-state index in [1.807, 2.05) is 13.0 Å². The van der Waals surface area contributed by atoms with Crippen LogP contribution in [-0.4, -0.2) is 68.2 Å². The molecule has 4 aliphatic rings. The summed E-state index contributed by atoms with van der Waals surface area (Å²) < 4.78 is 5.18. The van der Waals surface area contributed by atoms with Crippen molar-refractivity contribution >= 4 is 35.1 Å². The number of Topliss-reactive ketones (excluding diaryl/α,β-unsaturated/α-hetero) is 1. The van der Waals surface area contributed by atoms with Gasteiger partial charge in [-0.1, -0.05) is 31.6 Å². The molecule has 4 aliphatic carbocycles. The quantitative estimate of drug-likeness (QED) is 0.149. The number of aliphatic carboxylic acids is 1. The minimum atomic E-state index is -1.82. The molecule has 13 nitrogen and oxygen atoms in total. The van der Waals surface area contributed by atoms with E-state index in [1.165, 1.54) is 23.8 Å². The van der Waals surface area contributed by atoms with Crippen molar-refractivity contribution in [1.82, 2.24) is 5.32 Å². The second-order valence-corrected chi connectivity index (χ2v) is 14.2. The Kier molecular flexibility index (Phi) is 9.78. The van der Waals surface area contributed by atoms with Gasteiger partial charge in [-0.15, -0.1) is 0 Å². The van der Waals surface area contributed by atoms with E-state index in [0.29, 0.717) is 31.1 Å². The van der Waals surface area contributed by atoms with Crippen molar-refractivity contribution < 1.29 is 54.5 Å². The lowest BCUT2D eigenvalue weighted by Gasteiger charge is -2.58. The van der Waals surface area contributed by atoms with Crippen molar-refractivity contribution in [1.29, 1.82) is 0 Å². The first-order chi connectivity index (χ1) is 22.1. The number of fused-ring (bicyclic) bond motifs is 5. The van der Waals surface area contributed by atoms with Gasteiger partial charge in [-0.2, -0.15) is 5.23 Å². The summed E-state index contributed by atoms with van der Waals surface area (Å²) in [4.78, 5) is 62.4. The van der Waals surface area contributed by atoms with Gasteiger partial charge >= 0.3 is 11.9 Å². The van der Waals surface area contributed by atoms with Gasteiger partial charge in [0.1, 0.15) is 11.7 Å². The van der Waals surface area contributed by atoms with E-state index < -0.39 is 71.5 Å². The molecule has 3 saturated carbocycles. The molecule has 0 bridgehead atoms.